The van der Waals surface area contributed by atoms with Gasteiger partial charge in [0.2, 0.25) is 15.9 Å². The number of nitrogens with zero attached hydrogens (tertiary/aromatic N) is 3. The van der Waals surface area contributed by atoms with Crippen molar-refractivity contribution in [1.29, 1.82) is 0 Å². The highest BCUT2D eigenvalue weighted by Gasteiger charge is 2.34. The molecular formula is C23H27ClFN3O3S. The van der Waals surface area contributed by atoms with Crippen molar-refractivity contribution in [3.63, 3.8) is 0 Å². The molecule has 1 saturated heterocycles. The molecule has 2 aliphatic heterocycles. The number of amides is 1. The first-order chi connectivity index (χ1) is 15.2. The van der Waals surface area contributed by atoms with Crippen molar-refractivity contribution in [1.82, 2.24) is 9.21 Å². The van der Waals surface area contributed by atoms with Gasteiger partial charge in [-0.05, 0) is 61.7 Å². The summed E-state index contributed by atoms with van der Waals surface area (Å²) in [6, 6.07) is 9.64. The SMILES string of the molecule is CN(C)S(=O)(=O)c1ccc2c(c1)CCN2C(=O)C1CCCN(Cc2c(F)cccc2Cl)C1. The van der Waals surface area contributed by atoms with E-state index in [2.05, 4.69) is 4.90 Å². The molecule has 9 heteroatoms. The minimum atomic E-state index is -3.52. The van der Waals surface area contributed by atoms with E-state index < -0.39 is 10.0 Å². The van der Waals surface area contributed by atoms with Crippen molar-refractivity contribution in [2.75, 3.05) is 38.6 Å². The first kappa shape index (κ1) is 23.2. The van der Waals surface area contributed by atoms with Crippen LogP contribution in [0.2, 0.25) is 5.02 Å². The minimum Gasteiger partial charge on any atom is -0.312 e. The normalized spacial score (nSPS) is 19.4. The predicted molar refractivity (Wildman–Crippen MR) is 123 cm³/mol. The summed E-state index contributed by atoms with van der Waals surface area (Å²) in [5.41, 5.74) is 2.11. The molecule has 0 spiro atoms. The number of piperidine rings is 1. The number of fused-ring (bicyclic) bond motifs is 1. The van der Waals surface area contributed by atoms with E-state index in [1.54, 1.807) is 35.2 Å². The van der Waals surface area contributed by atoms with Crippen molar-refractivity contribution >= 4 is 33.2 Å². The van der Waals surface area contributed by atoms with E-state index in [-0.39, 0.29) is 22.5 Å². The Hall–Kier alpha value is -2.00. The number of hydrogen-bond donors (Lipinski definition) is 0. The fourth-order valence-corrected chi connectivity index (χ4v) is 5.68. The molecule has 32 heavy (non-hydrogen) atoms. The summed E-state index contributed by atoms with van der Waals surface area (Å²) in [4.78, 5) is 17.4. The molecule has 0 saturated carbocycles. The zero-order chi connectivity index (χ0) is 23.0. The van der Waals surface area contributed by atoms with Gasteiger partial charge in [-0.25, -0.2) is 17.1 Å². The summed E-state index contributed by atoms with van der Waals surface area (Å²) in [6.45, 7) is 2.24. The lowest BCUT2D eigenvalue weighted by atomic mass is 9.96. The van der Waals surface area contributed by atoms with Gasteiger partial charge in [0, 0.05) is 50.0 Å². The summed E-state index contributed by atoms with van der Waals surface area (Å²) in [7, 11) is -0.516. The number of hydrogen-bond acceptors (Lipinski definition) is 4. The van der Waals surface area contributed by atoms with Gasteiger partial charge in [0.25, 0.3) is 0 Å². The van der Waals surface area contributed by atoms with Crippen LogP contribution in [0.3, 0.4) is 0 Å². The molecule has 0 aliphatic carbocycles. The average Bonchev–Trinajstić information content (AvgIpc) is 3.19. The van der Waals surface area contributed by atoms with Crippen LogP contribution in [0.25, 0.3) is 0 Å². The lowest BCUT2D eigenvalue weighted by Gasteiger charge is -2.34. The summed E-state index contributed by atoms with van der Waals surface area (Å²) >= 11 is 6.18. The Morgan fingerprint density at radius 3 is 2.72 bits per heavy atom. The van der Waals surface area contributed by atoms with Gasteiger partial charge < -0.3 is 4.90 Å². The number of carbonyl (C=O) groups is 1. The van der Waals surface area contributed by atoms with E-state index in [4.69, 9.17) is 11.6 Å². The molecular weight excluding hydrogens is 453 g/mol. The van der Waals surface area contributed by atoms with Crippen molar-refractivity contribution in [2.24, 2.45) is 5.92 Å². The van der Waals surface area contributed by atoms with Crippen molar-refractivity contribution in [3.8, 4) is 0 Å². The van der Waals surface area contributed by atoms with Crippen molar-refractivity contribution in [2.45, 2.75) is 30.7 Å². The second-order valence-corrected chi connectivity index (χ2v) is 11.2. The highest BCUT2D eigenvalue weighted by Crippen LogP contribution is 2.33. The fourth-order valence-electron chi connectivity index (χ4n) is 4.51. The quantitative estimate of drug-likeness (QED) is 0.658. The van der Waals surface area contributed by atoms with Gasteiger partial charge >= 0.3 is 0 Å². The van der Waals surface area contributed by atoms with Crippen LogP contribution < -0.4 is 4.90 Å². The molecule has 172 valence electrons. The third-order valence-electron chi connectivity index (χ3n) is 6.29. The van der Waals surface area contributed by atoms with Gasteiger partial charge in [-0.1, -0.05) is 17.7 Å². The number of carbonyl (C=O) groups excluding carboxylic acids is 1. The Morgan fingerprint density at radius 1 is 1.22 bits per heavy atom. The van der Waals surface area contributed by atoms with Gasteiger partial charge in [-0.2, -0.15) is 0 Å². The molecule has 1 atom stereocenters. The molecule has 2 aliphatic rings. The number of likely N-dealkylation sites (tertiary alicyclic amines) is 1. The number of benzene rings is 2. The summed E-state index contributed by atoms with van der Waals surface area (Å²) in [6.07, 6.45) is 2.25. The first-order valence-electron chi connectivity index (χ1n) is 10.7. The molecule has 1 unspecified atom stereocenters. The van der Waals surface area contributed by atoms with Crippen LogP contribution in [-0.4, -0.2) is 57.3 Å². The lowest BCUT2D eigenvalue weighted by Crippen LogP contribution is -2.44. The maximum atomic E-state index is 14.2. The predicted octanol–water partition coefficient (Wildman–Crippen LogP) is 3.53. The van der Waals surface area contributed by atoms with Crippen LogP contribution in [0.5, 0.6) is 0 Å². The molecule has 1 amide bonds. The standard InChI is InChI=1S/C23H27ClFN3O3S/c1-26(2)32(30,31)18-8-9-22-16(13-18)10-12-28(22)23(29)17-5-4-11-27(14-17)15-19-20(24)6-3-7-21(19)25/h3,6-9,13,17H,4-5,10-12,14-15H2,1-2H3. The summed E-state index contributed by atoms with van der Waals surface area (Å²) in [5, 5.41) is 0.399. The number of rotatable bonds is 5. The smallest absolute Gasteiger partial charge is 0.242 e. The number of anilines is 1. The van der Waals surface area contributed by atoms with Gasteiger partial charge in [0.1, 0.15) is 5.82 Å². The molecule has 2 aromatic rings. The molecule has 2 heterocycles. The molecule has 4 rings (SSSR count). The van der Waals surface area contributed by atoms with Crippen LogP contribution >= 0.6 is 11.6 Å². The molecule has 0 radical (unpaired) electrons. The van der Waals surface area contributed by atoms with E-state index in [9.17, 15) is 17.6 Å². The van der Waals surface area contributed by atoms with Gasteiger partial charge in [0.05, 0.1) is 10.8 Å². The fraction of sp³-hybridized carbons (Fsp3) is 0.435. The molecule has 6 nitrogen and oxygen atoms in total. The lowest BCUT2D eigenvalue weighted by molar-refractivity contribution is -0.124. The Kier molecular flexibility index (Phi) is 6.58. The number of halogens is 2. The second-order valence-electron chi connectivity index (χ2n) is 8.59. The van der Waals surface area contributed by atoms with E-state index in [1.807, 2.05) is 0 Å². The topological polar surface area (TPSA) is 60.9 Å². The Balaban J connectivity index is 1.49. The van der Waals surface area contributed by atoms with E-state index in [0.717, 1.165) is 30.6 Å². The highest BCUT2D eigenvalue weighted by molar-refractivity contribution is 7.89. The van der Waals surface area contributed by atoms with Crippen LogP contribution in [0.15, 0.2) is 41.3 Å². The van der Waals surface area contributed by atoms with Crippen LogP contribution in [-0.2, 0) is 27.8 Å². The Morgan fingerprint density at radius 2 is 2.00 bits per heavy atom. The van der Waals surface area contributed by atoms with Gasteiger partial charge in [-0.15, -0.1) is 0 Å². The van der Waals surface area contributed by atoms with Crippen LogP contribution in [0.1, 0.15) is 24.0 Å². The summed E-state index contributed by atoms with van der Waals surface area (Å²) in [5.74, 6) is -0.482. The maximum Gasteiger partial charge on any atom is 0.242 e. The van der Waals surface area contributed by atoms with Crippen LogP contribution in [0, 0.1) is 11.7 Å². The molecule has 0 bridgehead atoms. The largest absolute Gasteiger partial charge is 0.312 e. The average molecular weight is 480 g/mol. The van der Waals surface area contributed by atoms with Gasteiger partial charge in [0.15, 0.2) is 0 Å². The molecule has 1 fully saturated rings. The third-order valence-corrected chi connectivity index (χ3v) is 8.45. The second kappa shape index (κ2) is 9.09. The van der Waals surface area contributed by atoms with Crippen molar-refractivity contribution in [3.05, 3.63) is 58.4 Å². The minimum absolute atomic E-state index is 0.0382. The van der Waals surface area contributed by atoms with Crippen LogP contribution in [0.4, 0.5) is 10.1 Å². The van der Waals surface area contributed by atoms with E-state index >= 15 is 0 Å². The monoisotopic (exact) mass is 479 g/mol. The molecule has 0 aromatic heterocycles. The van der Waals surface area contributed by atoms with E-state index in [0.29, 0.717) is 36.6 Å². The molecule has 2 aromatic carbocycles. The first-order valence-corrected chi connectivity index (χ1v) is 12.5. The molecule has 0 N–H and O–H groups in total. The Bertz CT molecular complexity index is 1120. The van der Waals surface area contributed by atoms with E-state index in [1.165, 1.54) is 24.5 Å². The maximum absolute atomic E-state index is 14.2. The highest BCUT2D eigenvalue weighted by atomic mass is 35.5. The van der Waals surface area contributed by atoms with Gasteiger partial charge in [-0.3, -0.25) is 9.69 Å². The Labute approximate surface area is 193 Å². The van der Waals surface area contributed by atoms with Crippen molar-refractivity contribution < 1.29 is 17.6 Å². The zero-order valence-electron chi connectivity index (χ0n) is 18.2. The zero-order valence-corrected chi connectivity index (χ0v) is 19.8. The number of sulfonamides is 1. The third kappa shape index (κ3) is 4.41. The summed E-state index contributed by atoms with van der Waals surface area (Å²) < 4.78 is 40.3.